The van der Waals surface area contributed by atoms with Crippen LogP contribution in [0.2, 0.25) is 5.02 Å². The van der Waals surface area contributed by atoms with Crippen molar-refractivity contribution < 1.29 is 9.50 Å². The Hall–Kier alpha value is -0.970. The zero-order valence-corrected chi connectivity index (χ0v) is 11.6. The van der Waals surface area contributed by atoms with E-state index in [-0.39, 0.29) is 12.2 Å². The van der Waals surface area contributed by atoms with Crippen LogP contribution >= 0.6 is 22.9 Å². The second kappa shape index (κ2) is 5.34. The largest absolute Gasteiger partial charge is 0.387 e. The molecule has 5 heteroatoms. The van der Waals surface area contributed by atoms with E-state index in [2.05, 4.69) is 4.98 Å². The van der Waals surface area contributed by atoms with Crippen LogP contribution in [0, 0.1) is 19.7 Å². The first-order chi connectivity index (χ1) is 8.47. The molecule has 18 heavy (non-hydrogen) atoms. The summed E-state index contributed by atoms with van der Waals surface area (Å²) in [5.74, 6) is -0.350. The summed E-state index contributed by atoms with van der Waals surface area (Å²) >= 11 is 7.26. The lowest BCUT2D eigenvalue weighted by atomic mass is 10.1. The molecule has 0 amide bonds. The fraction of sp³-hybridized carbons (Fsp3) is 0.308. The first-order valence-electron chi connectivity index (χ1n) is 5.53. The molecule has 0 aliphatic carbocycles. The maximum Gasteiger partial charge on any atom is 0.126 e. The van der Waals surface area contributed by atoms with Gasteiger partial charge in [0.1, 0.15) is 5.82 Å². The van der Waals surface area contributed by atoms with Crippen molar-refractivity contribution in [3.63, 3.8) is 0 Å². The van der Waals surface area contributed by atoms with E-state index in [0.717, 1.165) is 15.6 Å². The normalized spacial score (nSPS) is 12.7. The van der Waals surface area contributed by atoms with Crippen molar-refractivity contribution in [2.45, 2.75) is 26.4 Å². The number of rotatable bonds is 3. The smallest absolute Gasteiger partial charge is 0.126 e. The Labute approximate surface area is 114 Å². The van der Waals surface area contributed by atoms with Gasteiger partial charge in [0, 0.05) is 11.4 Å². The highest BCUT2D eigenvalue weighted by molar-refractivity contribution is 7.11. The molecule has 96 valence electrons. The monoisotopic (exact) mass is 285 g/mol. The van der Waals surface area contributed by atoms with Crippen molar-refractivity contribution >= 4 is 22.9 Å². The fourth-order valence-electron chi connectivity index (χ4n) is 1.86. The minimum atomic E-state index is -0.746. The summed E-state index contributed by atoms with van der Waals surface area (Å²) in [6.07, 6.45) is -0.543. The van der Waals surface area contributed by atoms with Gasteiger partial charge in [-0.1, -0.05) is 11.6 Å². The third-order valence-corrected chi connectivity index (χ3v) is 4.07. The van der Waals surface area contributed by atoms with Gasteiger partial charge >= 0.3 is 0 Å². The van der Waals surface area contributed by atoms with Gasteiger partial charge in [0.15, 0.2) is 0 Å². The maximum atomic E-state index is 13.6. The SMILES string of the molecule is Cc1nc(C)c(C(O)Cc2cc(Cl)ccc2F)s1. The summed E-state index contributed by atoms with van der Waals surface area (Å²) in [6, 6.07) is 4.35. The predicted molar refractivity (Wildman–Crippen MR) is 71.7 cm³/mol. The van der Waals surface area contributed by atoms with Crippen molar-refractivity contribution in [2.24, 2.45) is 0 Å². The molecule has 0 aliphatic heterocycles. The summed E-state index contributed by atoms with van der Waals surface area (Å²) in [5.41, 5.74) is 1.22. The number of aliphatic hydroxyl groups excluding tert-OH is 1. The van der Waals surface area contributed by atoms with Crippen LogP contribution in [0.25, 0.3) is 0 Å². The molecular weight excluding hydrogens is 273 g/mol. The molecule has 1 heterocycles. The number of halogens is 2. The van der Waals surface area contributed by atoms with Gasteiger partial charge in [0.05, 0.1) is 21.7 Å². The molecule has 0 aliphatic rings. The number of hydrogen-bond donors (Lipinski definition) is 1. The molecule has 1 aromatic heterocycles. The Balaban J connectivity index is 2.23. The van der Waals surface area contributed by atoms with E-state index in [0.29, 0.717) is 10.6 Å². The number of thiazole rings is 1. The average Bonchev–Trinajstić information content (AvgIpc) is 2.63. The van der Waals surface area contributed by atoms with Crippen LogP contribution in [0.5, 0.6) is 0 Å². The van der Waals surface area contributed by atoms with Crippen LogP contribution in [-0.4, -0.2) is 10.1 Å². The summed E-state index contributed by atoms with van der Waals surface area (Å²) in [5, 5.41) is 11.5. The zero-order chi connectivity index (χ0) is 13.3. The lowest BCUT2D eigenvalue weighted by molar-refractivity contribution is 0.180. The second-order valence-corrected chi connectivity index (χ2v) is 5.81. The van der Waals surface area contributed by atoms with Gasteiger partial charge in [0.2, 0.25) is 0 Å². The maximum absolute atomic E-state index is 13.6. The second-order valence-electron chi connectivity index (χ2n) is 4.14. The lowest BCUT2D eigenvalue weighted by Crippen LogP contribution is -2.03. The van der Waals surface area contributed by atoms with Crippen molar-refractivity contribution in [2.75, 3.05) is 0 Å². The van der Waals surface area contributed by atoms with Gasteiger partial charge in [-0.3, -0.25) is 0 Å². The third-order valence-electron chi connectivity index (χ3n) is 2.66. The number of aromatic nitrogens is 1. The summed E-state index contributed by atoms with van der Waals surface area (Å²) in [7, 11) is 0. The Morgan fingerprint density at radius 1 is 1.44 bits per heavy atom. The number of aryl methyl sites for hydroxylation is 2. The highest BCUT2D eigenvalue weighted by atomic mass is 35.5. The Bertz CT molecular complexity index is 570. The molecular formula is C13H13ClFNOS. The van der Waals surface area contributed by atoms with Crippen molar-refractivity contribution in [3.05, 3.63) is 50.2 Å². The topological polar surface area (TPSA) is 33.1 Å². The van der Waals surface area contributed by atoms with Gasteiger partial charge < -0.3 is 5.11 Å². The van der Waals surface area contributed by atoms with E-state index in [1.165, 1.54) is 23.5 Å². The molecule has 0 fully saturated rings. The predicted octanol–water partition coefficient (Wildman–Crippen LogP) is 3.83. The van der Waals surface area contributed by atoms with Crippen LogP contribution in [-0.2, 0) is 6.42 Å². The zero-order valence-electron chi connectivity index (χ0n) is 10.1. The van der Waals surface area contributed by atoms with Crippen molar-refractivity contribution in [3.8, 4) is 0 Å². The van der Waals surface area contributed by atoms with E-state index >= 15 is 0 Å². The lowest BCUT2D eigenvalue weighted by Gasteiger charge is -2.10. The molecule has 2 aromatic rings. The summed E-state index contributed by atoms with van der Waals surface area (Å²) < 4.78 is 13.6. The van der Waals surface area contributed by atoms with Crippen molar-refractivity contribution in [1.82, 2.24) is 4.98 Å². The van der Waals surface area contributed by atoms with E-state index < -0.39 is 6.10 Å². The molecule has 1 aromatic carbocycles. The van der Waals surface area contributed by atoms with Gasteiger partial charge in [-0.15, -0.1) is 11.3 Å². The summed E-state index contributed by atoms with van der Waals surface area (Å²) in [4.78, 5) is 5.04. The van der Waals surface area contributed by atoms with E-state index in [4.69, 9.17) is 11.6 Å². The molecule has 1 unspecified atom stereocenters. The molecule has 1 atom stereocenters. The van der Waals surface area contributed by atoms with Crippen LogP contribution in [0.15, 0.2) is 18.2 Å². The summed E-state index contributed by atoms with van der Waals surface area (Å²) in [6.45, 7) is 3.73. The highest BCUT2D eigenvalue weighted by Gasteiger charge is 2.17. The number of hydrogen-bond acceptors (Lipinski definition) is 3. The number of benzene rings is 1. The Kier molecular flexibility index (Phi) is 4.00. The fourth-order valence-corrected chi connectivity index (χ4v) is 2.97. The molecule has 0 saturated heterocycles. The first-order valence-corrected chi connectivity index (χ1v) is 6.72. The average molecular weight is 286 g/mol. The van der Waals surface area contributed by atoms with E-state index in [1.807, 2.05) is 13.8 Å². The first kappa shape index (κ1) is 13.5. The van der Waals surface area contributed by atoms with Crippen LogP contribution in [0.3, 0.4) is 0 Å². The molecule has 0 radical (unpaired) electrons. The van der Waals surface area contributed by atoms with Crippen molar-refractivity contribution in [1.29, 1.82) is 0 Å². The third kappa shape index (κ3) is 2.88. The van der Waals surface area contributed by atoms with E-state index in [9.17, 15) is 9.50 Å². The quantitative estimate of drug-likeness (QED) is 0.930. The minimum Gasteiger partial charge on any atom is -0.387 e. The molecule has 1 N–H and O–H groups in total. The number of aliphatic hydroxyl groups is 1. The number of nitrogens with zero attached hydrogens (tertiary/aromatic N) is 1. The molecule has 0 saturated carbocycles. The highest BCUT2D eigenvalue weighted by Crippen LogP contribution is 2.28. The van der Waals surface area contributed by atoms with Gasteiger partial charge in [-0.2, -0.15) is 0 Å². The molecule has 2 rings (SSSR count). The molecule has 0 spiro atoms. The van der Waals surface area contributed by atoms with Crippen LogP contribution in [0.4, 0.5) is 4.39 Å². The molecule has 2 nitrogen and oxygen atoms in total. The molecule has 0 bridgehead atoms. The minimum absolute atomic E-state index is 0.203. The van der Waals surface area contributed by atoms with Gasteiger partial charge in [0.25, 0.3) is 0 Å². The Morgan fingerprint density at radius 3 is 2.78 bits per heavy atom. The van der Waals surface area contributed by atoms with Crippen LogP contribution in [0.1, 0.15) is 27.2 Å². The Morgan fingerprint density at radius 2 is 2.17 bits per heavy atom. The van der Waals surface area contributed by atoms with Gasteiger partial charge in [-0.05, 0) is 37.6 Å². The standard InChI is InChI=1S/C13H13ClFNOS/c1-7-13(18-8(2)16-7)12(17)6-9-5-10(14)3-4-11(9)15/h3-5,12,17H,6H2,1-2H3. The van der Waals surface area contributed by atoms with Gasteiger partial charge in [-0.25, -0.2) is 9.37 Å². The van der Waals surface area contributed by atoms with Crippen LogP contribution < -0.4 is 0 Å². The van der Waals surface area contributed by atoms with E-state index in [1.54, 1.807) is 6.07 Å².